The van der Waals surface area contributed by atoms with E-state index in [4.69, 9.17) is 0 Å². The summed E-state index contributed by atoms with van der Waals surface area (Å²) >= 11 is 0. The van der Waals surface area contributed by atoms with Crippen molar-refractivity contribution in [3.63, 3.8) is 0 Å². The quantitative estimate of drug-likeness (QED) is 0.0714. The largest absolute Gasteiger partial charge is 0.545 e. The molecule has 2 atom stereocenters. The van der Waals surface area contributed by atoms with E-state index in [1.807, 2.05) is 24.3 Å². The maximum Gasteiger partial charge on any atom is 0.229 e. The molecular formula is C44H68F2N4O8S2-2. The van der Waals surface area contributed by atoms with E-state index < -0.39 is 44.3 Å². The monoisotopic (exact) mass is 882 g/mol. The second-order valence-electron chi connectivity index (χ2n) is 14.5. The Morgan fingerprint density at radius 2 is 0.933 bits per heavy atom. The van der Waals surface area contributed by atoms with Gasteiger partial charge in [0.25, 0.3) is 0 Å². The highest BCUT2D eigenvalue weighted by molar-refractivity contribution is 7.92. The van der Waals surface area contributed by atoms with Crippen LogP contribution in [0.25, 0.3) is 12.2 Å². The van der Waals surface area contributed by atoms with Crippen LogP contribution < -0.4 is 19.7 Å². The summed E-state index contributed by atoms with van der Waals surface area (Å²) in [6, 6.07) is 14.6. The summed E-state index contributed by atoms with van der Waals surface area (Å²) in [6.45, 7) is 13.8. The molecule has 0 bridgehead atoms. The smallest absolute Gasteiger partial charge is 0.229 e. The minimum Gasteiger partial charge on any atom is -0.545 e. The molecule has 12 nitrogen and oxygen atoms in total. The number of rotatable bonds is 28. The van der Waals surface area contributed by atoms with Gasteiger partial charge in [0.15, 0.2) is 0 Å². The molecule has 2 N–H and O–H groups in total. The molecule has 0 aromatic heterocycles. The van der Waals surface area contributed by atoms with Crippen molar-refractivity contribution < 1.29 is 45.4 Å². The van der Waals surface area contributed by atoms with Crippen molar-refractivity contribution in [2.75, 3.05) is 61.2 Å². The number of nitrogens with one attached hydrogen (secondary N) is 2. The molecule has 340 valence electrons. The van der Waals surface area contributed by atoms with Crippen LogP contribution in [-0.2, 0) is 29.6 Å². The zero-order valence-corrected chi connectivity index (χ0v) is 37.9. The van der Waals surface area contributed by atoms with Gasteiger partial charge in [-0.1, -0.05) is 88.1 Å². The number of halogens is 2. The number of anilines is 2. The van der Waals surface area contributed by atoms with Crippen LogP contribution in [0.3, 0.4) is 0 Å². The molecule has 0 aliphatic heterocycles. The van der Waals surface area contributed by atoms with Crippen LogP contribution in [-0.4, -0.2) is 103 Å². The van der Waals surface area contributed by atoms with Gasteiger partial charge in [0.1, 0.15) is 0 Å². The summed E-state index contributed by atoms with van der Waals surface area (Å²) in [5.74, 6) is -3.09. The van der Waals surface area contributed by atoms with E-state index in [0.717, 1.165) is 114 Å². The molecule has 0 amide bonds. The normalized spacial score (nSPS) is 12.9. The number of carboxylic acids is 2. The summed E-state index contributed by atoms with van der Waals surface area (Å²) in [5.41, 5.74) is 3.24. The van der Waals surface area contributed by atoms with Crippen LogP contribution in [0.2, 0.25) is 0 Å². The number of benzene rings is 2. The van der Waals surface area contributed by atoms with Crippen LogP contribution in [0.4, 0.5) is 20.2 Å². The van der Waals surface area contributed by atoms with Gasteiger partial charge in [0.2, 0.25) is 20.0 Å². The summed E-state index contributed by atoms with van der Waals surface area (Å²) in [6.07, 6.45) is 19.8. The number of hydrogen-bond donors (Lipinski definition) is 2. The second kappa shape index (κ2) is 32.6. The van der Waals surface area contributed by atoms with E-state index in [9.17, 15) is 45.4 Å². The minimum atomic E-state index is -3.23. The lowest BCUT2D eigenvalue weighted by Gasteiger charge is -2.19. The van der Waals surface area contributed by atoms with Gasteiger partial charge >= 0.3 is 0 Å². The van der Waals surface area contributed by atoms with E-state index in [0.29, 0.717) is 36.4 Å². The van der Waals surface area contributed by atoms with Crippen LogP contribution in [0.5, 0.6) is 0 Å². The van der Waals surface area contributed by atoms with Crippen LogP contribution in [0.15, 0.2) is 72.8 Å². The molecule has 0 heterocycles. The van der Waals surface area contributed by atoms with Gasteiger partial charge < -0.3 is 29.6 Å². The van der Waals surface area contributed by atoms with Crippen LogP contribution >= 0.6 is 0 Å². The highest BCUT2D eigenvalue weighted by atomic mass is 32.2. The number of carboxylic acid groups (broad SMARTS) is 2. The van der Waals surface area contributed by atoms with Crippen molar-refractivity contribution in [3.8, 4) is 0 Å². The van der Waals surface area contributed by atoms with Crippen LogP contribution in [0.1, 0.15) is 103 Å². The van der Waals surface area contributed by atoms with Crippen molar-refractivity contribution in [2.45, 2.75) is 104 Å². The fourth-order valence-corrected chi connectivity index (χ4v) is 6.70. The lowest BCUT2D eigenvalue weighted by Crippen LogP contribution is -2.25. The highest BCUT2D eigenvalue weighted by Crippen LogP contribution is 2.14. The first-order valence-corrected chi connectivity index (χ1v) is 24.3. The summed E-state index contributed by atoms with van der Waals surface area (Å²) < 4.78 is 75.1. The van der Waals surface area contributed by atoms with Gasteiger partial charge in [0.05, 0.1) is 36.8 Å². The maximum absolute atomic E-state index is 12.7. The molecule has 60 heavy (non-hydrogen) atoms. The van der Waals surface area contributed by atoms with E-state index in [-0.39, 0.29) is 0 Å². The average Bonchev–Trinajstić information content (AvgIpc) is 3.15. The zero-order valence-electron chi connectivity index (χ0n) is 36.3. The molecular weight excluding hydrogens is 815 g/mol. The molecule has 2 aromatic rings. The number of hydrogen-bond acceptors (Lipinski definition) is 10. The third-order valence-electron chi connectivity index (χ3n) is 8.67. The van der Waals surface area contributed by atoms with Gasteiger partial charge in [0, 0.05) is 24.5 Å². The Labute approximate surface area is 358 Å². The molecule has 0 spiro atoms. The number of unbranched alkanes of at least 4 members (excludes halogenated alkanes) is 4. The van der Waals surface area contributed by atoms with Gasteiger partial charge in [-0.3, -0.25) is 9.44 Å². The predicted octanol–water partition coefficient (Wildman–Crippen LogP) is 6.45. The number of carbonyl (C=O) groups is 2. The second-order valence-corrected chi connectivity index (χ2v) is 18.0. The summed E-state index contributed by atoms with van der Waals surface area (Å²) in [4.78, 5) is 23.7. The Kier molecular flexibility index (Phi) is 30.4. The Morgan fingerprint density at radius 1 is 0.600 bits per heavy atom. The maximum atomic E-state index is 12.7. The molecule has 0 fully saturated rings. The molecule has 0 radical (unpaired) electrons. The Hall–Kier alpha value is -4.12. The van der Waals surface area contributed by atoms with Crippen molar-refractivity contribution >= 4 is 55.5 Å². The SMILES string of the molecule is CCN(CC/C=C/c1ccc(NS(C)(=O)=O)cc1)CCCCCC(C)F.CCN(CC/C=C/c1ccc(NS(C)(=O)=O)cc1)CCCCCC(C)F.O=C([O-])/C=C/C(=O)[O-]. The van der Waals surface area contributed by atoms with Crippen molar-refractivity contribution in [3.05, 3.63) is 84.0 Å². The minimum absolute atomic E-state index is 0.384. The first-order chi connectivity index (χ1) is 28.2. The van der Waals surface area contributed by atoms with Gasteiger partial charge in [-0.25, -0.2) is 25.6 Å². The molecule has 2 rings (SSSR count). The lowest BCUT2D eigenvalue weighted by molar-refractivity contribution is -0.301. The number of aliphatic carboxylic acids is 2. The summed E-state index contributed by atoms with van der Waals surface area (Å²) in [5, 5.41) is 18.8. The van der Waals surface area contributed by atoms with Crippen molar-refractivity contribution in [2.24, 2.45) is 0 Å². The van der Waals surface area contributed by atoms with E-state index in [1.165, 1.54) is 0 Å². The Bertz CT molecular complexity index is 1640. The van der Waals surface area contributed by atoms with Gasteiger partial charge in [-0.2, -0.15) is 0 Å². The van der Waals surface area contributed by atoms with Gasteiger partial charge in [-0.15, -0.1) is 0 Å². The Morgan fingerprint density at radius 3 is 1.20 bits per heavy atom. The zero-order chi connectivity index (χ0) is 45.4. The standard InChI is InChI=1S/2C20H33FN2O2S.C4H4O4/c2*1-4-23(16-8-5-6-10-18(2)21)17-9-7-11-19-12-14-20(15-13-19)22-26(3,24)25;5-3(6)1-2-4(7)8/h2*7,11-15,18,22H,4-6,8-10,16-17H2,1-3H3;1-2H,(H,5,6)(H,7,8)/p-2/b2*11-7+;2-1+. The Balaban J connectivity index is 0.000000982. The fourth-order valence-electron chi connectivity index (χ4n) is 5.57. The number of nitrogens with zero attached hydrogens (tertiary/aromatic N) is 2. The van der Waals surface area contributed by atoms with E-state index in [2.05, 4.69) is 57.4 Å². The molecule has 2 unspecified atom stereocenters. The van der Waals surface area contributed by atoms with Crippen molar-refractivity contribution in [1.82, 2.24) is 9.80 Å². The highest BCUT2D eigenvalue weighted by Gasteiger charge is 2.05. The average molecular weight is 883 g/mol. The predicted molar refractivity (Wildman–Crippen MR) is 239 cm³/mol. The first kappa shape index (κ1) is 55.9. The fraction of sp³-hybridized carbons (Fsp3) is 0.545. The number of alkyl halides is 2. The number of sulfonamides is 2. The molecule has 0 saturated heterocycles. The van der Waals surface area contributed by atoms with Gasteiger partial charge in [-0.05, 0) is 126 Å². The first-order valence-electron chi connectivity index (χ1n) is 20.5. The molecule has 0 aliphatic carbocycles. The third-order valence-corrected chi connectivity index (χ3v) is 9.89. The molecule has 0 aliphatic rings. The molecule has 2 aromatic carbocycles. The topological polar surface area (TPSA) is 179 Å². The molecule has 0 saturated carbocycles. The van der Waals surface area contributed by atoms with E-state index >= 15 is 0 Å². The lowest BCUT2D eigenvalue weighted by atomic mass is 10.1. The third kappa shape index (κ3) is 35.8. The summed E-state index contributed by atoms with van der Waals surface area (Å²) in [7, 11) is -6.46. The number of carbonyl (C=O) groups excluding carboxylic acids is 2. The molecule has 16 heteroatoms. The van der Waals surface area contributed by atoms with E-state index in [1.54, 1.807) is 38.1 Å². The van der Waals surface area contributed by atoms with Crippen LogP contribution in [0, 0.1) is 0 Å². The van der Waals surface area contributed by atoms with Crippen molar-refractivity contribution in [1.29, 1.82) is 0 Å².